The molecule has 0 atom stereocenters. The predicted octanol–water partition coefficient (Wildman–Crippen LogP) is 5.94. The molecule has 1 N–H and O–H groups in total. The molecule has 1 saturated carbocycles. The van der Waals surface area contributed by atoms with Crippen LogP contribution >= 0.6 is 0 Å². The number of aromatic carboxylic acids is 1. The van der Waals surface area contributed by atoms with Crippen LogP contribution in [0.4, 0.5) is 24.7 Å². The first kappa shape index (κ1) is 29.7. The molecule has 0 spiro atoms. The Hall–Kier alpha value is -4.36. The summed E-state index contributed by atoms with van der Waals surface area (Å²) in [7, 11) is -4.38. The molecule has 2 fully saturated rings. The zero-order chi connectivity index (χ0) is 31.1. The quantitative estimate of drug-likeness (QED) is 0.243. The third-order valence-electron chi connectivity index (χ3n) is 7.66. The van der Waals surface area contributed by atoms with Crippen molar-refractivity contribution in [1.82, 2.24) is 4.98 Å². The van der Waals surface area contributed by atoms with E-state index < -0.39 is 28.1 Å². The van der Waals surface area contributed by atoms with Gasteiger partial charge in [0, 0.05) is 30.2 Å². The summed E-state index contributed by atoms with van der Waals surface area (Å²) in [5.41, 5.74) is 1.39. The van der Waals surface area contributed by atoms with Gasteiger partial charge in [0.15, 0.2) is 0 Å². The van der Waals surface area contributed by atoms with Gasteiger partial charge in [-0.05, 0) is 60.0 Å². The lowest BCUT2D eigenvalue weighted by Gasteiger charge is -2.31. The maximum absolute atomic E-state index is 14.6. The van der Waals surface area contributed by atoms with Crippen LogP contribution in [0.1, 0.15) is 40.2 Å². The molecule has 1 aliphatic carbocycles. The maximum atomic E-state index is 14.6. The van der Waals surface area contributed by atoms with Crippen LogP contribution in [0.15, 0.2) is 77.8 Å². The van der Waals surface area contributed by atoms with Gasteiger partial charge in [0.25, 0.3) is 10.0 Å². The SMILES string of the molecule is O=C(O)c1ccc(S(=O)(=O)N(Cc2ccc(OC(F)(F)F)cc2)c2ncc3ccccc3c2C2CC2)cc1N1CCOCC1. The molecule has 1 aromatic heterocycles. The molecular formula is C31H28F3N3O6S. The number of morpholine rings is 1. The Labute approximate surface area is 251 Å². The highest BCUT2D eigenvalue weighted by molar-refractivity contribution is 7.92. The fourth-order valence-corrected chi connectivity index (χ4v) is 6.88. The topological polar surface area (TPSA) is 109 Å². The van der Waals surface area contributed by atoms with E-state index in [1.54, 1.807) is 11.1 Å². The number of ether oxygens (including phenoxy) is 2. The van der Waals surface area contributed by atoms with Gasteiger partial charge >= 0.3 is 12.3 Å². The molecule has 2 heterocycles. The minimum atomic E-state index is -4.87. The van der Waals surface area contributed by atoms with Crippen molar-refractivity contribution >= 4 is 38.3 Å². The van der Waals surface area contributed by atoms with Gasteiger partial charge in [-0.1, -0.05) is 36.4 Å². The monoisotopic (exact) mass is 627 g/mol. The number of hydrogen-bond acceptors (Lipinski definition) is 7. The van der Waals surface area contributed by atoms with Gasteiger partial charge in [-0.25, -0.2) is 22.5 Å². The second kappa shape index (κ2) is 11.6. The zero-order valence-electron chi connectivity index (χ0n) is 23.3. The summed E-state index contributed by atoms with van der Waals surface area (Å²) in [6.07, 6.45) is -1.56. The van der Waals surface area contributed by atoms with E-state index in [1.807, 2.05) is 24.3 Å². The predicted molar refractivity (Wildman–Crippen MR) is 157 cm³/mol. The summed E-state index contributed by atoms with van der Waals surface area (Å²) in [4.78, 5) is 18.3. The molecule has 3 aromatic carbocycles. The second-order valence-electron chi connectivity index (χ2n) is 10.6. The molecule has 6 rings (SSSR count). The lowest BCUT2D eigenvalue weighted by molar-refractivity contribution is -0.274. The lowest BCUT2D eigenvalue weighted by Crippen LogP contribution is -2.37. The standard InChI is InChI=1S/C31H28F3N3O6S/c32-31(33,34)43-23-9-5-20(6-10-23)19-37(29-28(21-7-8-21)25-4-2-1-3-22(25)18-35-29)44(40,41)24-11-12-26(30(38)39)27(17-24)36-13-15-42-16-14-36/h1-6,9-12,17-18,21H,7-8,13-16,19H2,(H,38,39). The molecule has 1 aliphatic heterocycles. The molecule has 9 nitrogen and oxygen atoms in total. The van der Waals surface area contributed by atoms with Gasteiger partial charge < -0.3 is 19.5 Å². The molecule has 0 radical (unpaired) electrons. The number of carboxylic acids is 1. The first-order chi connectivity index (χ1) is 21.0. The average molecular weight is 628 g/mol. The highest BCUT2D eigenvalue weighted by Crippen LogP contribution is 2.48. The summed E-state index contributed by atoms with van der Waals surface area (Å²) < 4.78 is 77.9. The van der Waals surface area contributed by atoms with Gasteiger partial charge in [0.2, 0.25) is 0 Å². The minimum Gasteiger partial charge on any atom is -0.478 e. The Kier molecular flexibility index (Phi) is 7.84. The van der Waals surface area contributed by atoms with Crippen molar-refractivity contribution < 1.29 is 41.0 Å². The number of pyridine rings is 1. The minimum absolute atomic E-state index is 0.0415. The fraction of sp³-hybridized carbons (Fsp3) is 0.290. The van der Waals surface area contributed by atoms with Crippen LogP contribution in [-0.4, -0.2) is 57.1 Å². The van der Waals surface area contributed by atoms with E-state index in [-0.39, 0.29) is 34.4 Å². The van der Waals surface area contributed by atoms with Gasteiger partial charge in [-0.3, -0.25) is 0 Å². The molecule has 13 heteroatoms. The first-order valence-corrected chi connectivity index (χ1v) is 15.4. The Morgan fingerprint density at radius 1 is 1.05 bits per heavy atom. The smallest absolute Gasteiger partial charge is 0.478 e. The highest BCUT2D eigenvalue weighted by Gasteiger charge is 2.36. The summed E-state index contributed by atoms with van der Waals surface area (Å²) >= 11 is 0. The van der Waals surface area contributed by atoms with Crippen molar-refractivity contribution in [3.8, 4) is 5.75 Å². The van der Waals surface area contributed by atoms with Gasteiger partial charge in [-0.2, -0.15) is 0 Å². The van der Waals surface area contributed by atoms with Crippen molar-refractivity contribution in [2.24, 2.45) is 0 Å². The lowest BCUT2D eigenvalue weighted by atomic mass is 10.0. The van der Waals surface area contributed by atoms with E-state index in [2.05, 4.69) is 9.72 Å². The third kappa shape index (κ3) is 6.15. The Balaban J connectivity index is 1.48. The fourth-order valence-electron chi connectivity index (χ4n) is 5.43. The number of carbonyl (C=O) groups is 1. The van der Waals surface area contributed by atoms with Gasteiger partial charge in [-0.15, -0.1) is 13.2 Å². The average Bonchev–Trinajstić information content (AvgIpc) is 3.85. The summed E-state index contributed by atoms with van der Waals surface area (Å²) in [5, 5.41) is 11.6. The number of anilines is 2. The number of hydrogen-bond donors (Lipinski definition) is 1. The van der Waals surface area contributed by atoms with E-state index >= 15 is 0 Å². The van der Waals surface area contributed by atoms with Crippen molar-refractivity contribution in [2.75, 3.05) is 35.5 Å². The van der Waals surface area contributed by atoms with Crippen molar-refractivity contribution in [3.63, 3.8) is 0 Å². The summed E-state index contributed by atoms with van der Waals surface area (Å²) in [5.74, 6) is -1.32. The highest BCUT2D eigenvalue weighted by atomic mass is 32.2. The third-order valence-corrected chi connectivity index (χ3v) is 9.39. The maximum Gasteiger partial charge on any atom is 0.573 e. The summed E-state index contributed by atoms with van der Waals surface area (Å²) in [6, 6.07) is 16.4. The van der Waals surface area contributed by atoms with Crippen molar-refractivity contribution in [3.05, 3.63) is 89.6 Å². The molecule has 44 heavy (non-hydrogen) atoms. The van der Waals surface area contributed by atoms with E-state index in [4.69, 9.17) is 4.74 Å². The van der Waals surface area contributed by atoms with E-state index in [9.17, 15) is 31.5 Å². The Morgan fingerprint density at radius 2 is 1.75 bits per heavy atom. The normalized spacial score (nSPS) is 15.8. The Morgan fingerprint density at radius 3 is 2.41 bits per heavy atom. The number of alkyl halides is 3. The number of carboxylic acid groups (broad SMARTS) is 1. The molecule has 230 valence electrons. The second-order valence-corrected chi connectivity index (χ2v) is 12.5. The molecule has 0 bridgehead atoms. The zero-order valence-corrected chi connectivity index (χ0v) is 24.1. The van der Waals surface area contributed by atoms with Crippen LogP contribution in [0.2, 0.25) is 0 Å². The number of halogens is 3. The molecule has 1 saturated heterocycles. The summed E-state index contributed by atoms with van der Waals surface area (Å²) in [6.45, 7) is 1.26. The van der Waals surface area contributed by atoms with E-state index in [0.29, 0.717) is 31.9 Å². The van der Waals surface area contributed by atoms with Crippen LogP contribution in [-0.2, 0) is 21.3 Å². The molecule has 2 aliphatic rings. The van der Waals surface area contributed by atoms with Gasteiger partial charge in [0.05, 0.1) is 35.9 Å². The number of fused-ring (bicyclic) bond motifs is 1. The van der Waals surface area contributed by atoms with E-state index in [0.717, 1.165) is 45.6 Å². The number of aromatic nitrogens is 1. The number of nitrogens with zero attached hydrogens (tertiary/aromatic N) is 3. The molecule has 0 unspecified atom stereocenters. The molecular weight excluding hydrogens is 599 g/mol. The number of benzene rings is 3. The van der Waals surface area contributed by atoms with Crippen LogP contribution in [0.25, 0.3) is 10.8 Å². The van der Waals surface area contributed by atoms with Crippen LogP contribution in [0.3, 0.4) is 0 Å². The number of rotatable bonds is 9. The molecule has 4 aromatic rings. The van der Waals surface area contributed by atoms with Crippen LogP contribution in [0, 0.1) is 0 Å². The first-order valence-electron chi connectivity index (χ1n) is 14.0. The molecule has 0 amide bonds. The van der Waals surface area contributed by atoms with Gasteiger partial charge in [0.1, 0.15) is 11.6 Å². The van der Waals surface area contributed by atoms with Crippen molar-refractivity contribution in [1.29, 1.82) is 0 Å². The van der Waals surface area contributed by atoms with Crippen LogP contribution < -0.4 is 13.9 Å². The van der Waals surface area contributed by atoms with E-state index in [1.165, 1.54) is 30.3 Å². The van der Waals surface area contributed by atoms with Crippen LogP contribution in [0.5, 0.6) is 5.75 Å². The Bertz CT molecular complexity index is 1810. The number of sulfonamides is 1. The van der Waals surface area contributed by atoms with Crippen molar-refractivity contribution in [2.45, 2.75) is 36.6 Å². The largest absolute Gasteiger partial charge is 0.573 e.